The summed E-state index contributed by atoms with van der Waals surface area (Å²) in [5.74, 6) is 0.149. The highest BCUT2D eigenvalue weighted by Gasteiger charge is 2.31. The number of thiazole rings is 1. The van der Waals surface area contributed by atoms with Crippen molar-refractivity contribution in [2.75, 3.05) is 13.7 Å². The van der Waals surface area contributed by atoms with Gasteiger partial charge in [0.2, 0.25) is 5.91 Å². The normalized spacial score (nSPS) is 26.4. The fourth-order valence-electron chi connectivity index (χ4n) is 2.72. The van der Waals surface area contributed by atoms with Crippen molar-refractivity contribution < 1.29 is 9.53 Å². The standard InChI is InChI=1S/C14H23N3O2S/c1-9-13(20-8-17-9)5-6-16-14(18)10-3-4-12(19-2)11(15)7-10/h8,10-12H,3-7,15H2,1-2H3,(H,16,18)/t10-,11+,12+/m0/s1. The van der Waals surface area contributed by atoms with Crippen LogP contribution in [0.2, 0.25) is 0 Å². The highest BCUT2D eigenvalue weighted by Crippen LogP contribution is 2.25. The van der Waals surface area contributed by atoms with Crippen LogP contribution in [0.3, 0.4) is 0 Å². The van der Waals surface area contributed by atoms with Gasteiger partial charge in [-0.1, -0.05) is 0 Å². The molecule has 1 amide bonds. The predicted molar refractivity (Wildman–Crippen MR) is 79.7 cm³/mol. The Balaban J connectivity index is 1.74. The number of nitrogens with one attached hydrogen (secondary N) is 1. The van der Waals surface area contributed by atoms with Crippen LogP contribution in [0.1, 0.15) is 29.8 Å². The molecule has 0 saturated heterocycles. The van der Waals surface area contributed by atoms with Crippen LogP contribution >= 0.6 is 11.3 Å². The van der Waals surface area contributed by atoms with Crippen LogP contribution in [0.25, 0.3) is 0 Å². The van der Waals surface area contributed by atoms with Gasteiger partial charge in [-0.25, -0.2) is 4.98 Å². The summed E-state index contributed by atoms with van der Waals surface area (Å²) < 4.78 is 5.31. The molecule has 2 rings (SSSR count). The van der Waals surface area contributed by atoms with Crippen molar-refractivity contribution in [3.05, 3.63) is 16.1 Å². The second-order valence-electron chi connectivity index (χ2n) is 5.35. The molecule has 0 unspecified atom stereocenters. The van der Waals surface area contributed by atoms with Gasteiger partial charge in [-0.15, -0.1) is 11.3 Å². The average Bonchev–Trinajstić information content (AvgIpc) is 2.84. The lowest BCUT2D eigenvalue weighted by molar-refractivity contribution is -0.127. The number of nitrogens with zero attached hydrogens (tertiary/aromatic N) is 1. The molecule has 0 radical (unpaired) electrons. The number of hydrogen-bond donors (Lipinski definition) is 2. The minimum Gasteiger partial charge on any atom is -0.380 e. The maximum atomic E-state index is 12.1. The van der Waals surface area contributed by atoms with Gasteiger partial charge in [0.1, 0.15) is 0 Å². The molecule has 0 aliphatic heterocycles. The second-order valence-corrected chi connectivity index (χ2v) is 6.29. The van der Waals surface area contributed by atoms with E-state index in [1.165, 1.54) is 4.88 Å². The molecule has 1 aliphatic carbocycles. The lowest BCUT2D eigenvalue weighted by Gasteiger charge is -2.32. The van der Waals surface area contributed by atoms with Crippen molar-refractivity contribution in [1.29, 1.82) is 0 Å². The van der Waals surface area contributed by atoms with E-state index in [1.807, 2.05) is 12.4 Å². The molecule has 1 aliphatic rings. The summed E-state index contributed by atoms with van der Waals surface area (Å²) in [6, 6.07) is -0.0340. The number of nitrogens with two attached hydrogens (primary N) is 1. The molecule has 0 aromatic carbocycles. The molecule has 1 heterocycles. The van der Waals surface area contributed by atoms with Crippen molar-refractivity contribution in [3.63, 3.8) is 0 Å². The lowest BCUT2D eigenvalue weighted by atomic mass is 9.83. The van der Waals surface area contributed by atoms with Crippen LogP contribution in [0.5, 0.6) is 0 Å². The van der Waals surface area contributed by atoms with Gasteiger partial charge in [-0.05, 0) is 26.2 Å². The maximum absolute atomic E-state index is 12.1. The van der Waals surface area contributed by atoms with Gasteiger partial charge < -0.3 is 15.8 Å². The molecule has 0 bridgehead atoms. The molecule has 3 N–H and O–H groups in total. The monoisotopic (exact) mass is 297 g/mol. The van der Waals surface area contributed by atoms with E-state index in [2.05, 4.69) is 10.3 Å². The van der Waals surface area contributed by atoms with E-state index in [4.69, 9.17) is 10.5 Å². The minimum atomic E-state index is -0.0340. The first-order valence-corrected chi connectivity index (χ1v) is 7.94. The van der Waals surface area contributed by atoms with Gasteiger partial charge in [-0.2, -0.15) is 0 Å². The smallest absolute Gasteiger partial charge is 0.223 e. The van der Waals surface area contributed by atoms with Gasteiger partial charge in [-0.3, -0.25) is 4.79 Å². The van der Waals surface area contributed by atoms with E-state index < -0.39 is 0 Å². The Morgan fingerprint density at radius 2 is 2.40 bits per heavy atom. The number of carbonyl (C=O) groups excluding carboxylic acids is 1. The van der Waals surface area contributed by atoms with Gasteiger partial charge >= 0.3 is 0 Å². The zero-order chi connectivity index (χ0) is 14.5. The van der Waals surface area contributed by atoms with Crippen molar-refractivity contribution in [3.8, 4) is 0 Å². The topological polar surface area (TPSA) is 77.2 Å². The summed E-state index contributed by atoms with van der Waals surface area (Å²) in [6.07, 6.45) is 3.38. The third-order valence-corrected chi connectivity index (χ3v) is 5.00. The van der Waals surface area contributed by atoms with Crippen molar-refractivity contribution in [1.82, 2.24) is 10.3 Å². The van der Waals surface area contributed by atoms with E-state index in [1.54, 1.807) is 18.4 Å². The summed E-state index contributed by atoms with van der Waals surface area (Å²) in [7, 11) is 1.68. The van der Waals surface area contributed by atoms with Crippen LogP contribution in [0.4, 0.5) is 0 Å². The third-order valence-electron chi connectivity index (χ3n) is 4.00. The van der Waals surface area contributed by atoms with Crippen molar-refractivity contribution in [2.45, 2.75) is 44.8 Å². The molecule has 1 aromatic rings. The van der Waals surface area contributed by atoms with Gasteiger partial charge in [0.25, 0.3) is 0 Å². The molecule has 20 heavy (non-hydrogen) atoms. The first-order valence-electron chi connectivity index (χ1n) is 7.07. The number of hydrogen-bond acceptors (Lipinski definition) is 5. The highest BCUT2D eigenvalue weighted by atomic mass is 32.1. The summed E-state index contributed by atoms with van der Waals surface area (Å²) in [6.45, 7) is 2.67. The van der Waals surface area contributed by atoms with Crippen molar-refractivity contribution >= 4 is 17.2 Å². The van der Waals surface area contributed by atoms with Crippen LogP contribution in [-0.2, 0) is 16.0 Å². The van der Waals surface area contributed by atoms with Crippen LogP contribution in [-0.4, -0.2) is 36.7 Å². The second kappa shape index (κ2) is 7.15. The molecule has 0 spiro atoms. The Morgan fingerprint density at radius 1 is 1.60 bits per heavy atom. The van der Waals surface area contributed by atoms with Gasteiger partial charge in [0.05, 0.1) is 17.3 Å². The van der Waals surface area contributed by atoms with E-state index in [-0.39, 0.29) is 24.0 Å². The molecule has 1 saturated carbocycles. The number of ether oxygens (including phenoxy) is 1. The maximum Gasteiger partial charge on any atom is 0.223 e. The number of aromatic nitrogens is 1. The van der Waals surface area contributed by atoms with E-state index in [0.29, 0.717) is 13.0 Å². The van der Waals surface area contributed by atoms with Crippen molar-refractivity contribution in [2.24, 2.45) is 11.7 Å². The van der Waals surface area contributed by atoms with Gasteiger partial charge in [0.15, 0.2) is 0 Å². The molecule has 112 valence electrons. The Morgan fingerprint density at radius 3 is 3.00 bits per heavy atom. The van der Waals surface area contributed by atoms with E-state index in [9.17, 15) is 4.79 Å². The highest BCUT2D eigenvalue weighted by molar-refractivity contribution is 7.09. The number of rotatable bonds is 5. The molecular weight excluding hydrogens is 274 g/mol. The Kier molecular flexibility index (Phi) is 5.51. The largest absolute Gasteiger partial charge is 0.380 e. The van der Waals surface area contributed by atoms with E-state index in [0.717, 1.165) is 25.0 Å². The molecule has 1 aromatic heterocycles. The zero-order valence-corrected chi connectivity index (χ0v) is 12.9. The Bertz CT molecular complexity index is 449. The van der Waals surface area contributed by atoms with Crippen LogP contribution < -0.4 is 11.1 Å². The summed E-state index contributed by atoms with van der Waals surface area (Å²) in [5, 5.41) is 3.01. The quantitative estimate of drug-likeness (QED) is 0.857. The number of carbonyl (C=O) groups is 1. The summed E-state index contributed by atoms with van der Waals surface area (Å²) >= 11 is 1.64. The molecular formula is C14H23N3O2S. The summed E-state index contributed by atoms with van der Waals surface area (Å²) in [4.78, 5) is 17.6. The fourth-order valence-corrected chi connectivity index (χ4v) is 3.50. The molecule has 3 atom stereocenters. The lowest BCUT2D eigenvalue weighted by Crippen LogP contribution is -2.45. The summed E-state index contributed by atoms with van der Waals surface area (Å²) in [5.41, 5.74) is 8.94. The average molecular weight is 297 g/mol. The predicted octanol–water partition coefficient (Wildman–Crippen LogP) is 1.25. The number of amides is 1. The SMILES string of the molecule is CO[C@@H]1CC[C@H](C(=O)NCCc2scnc2C)C[C@H]1N. The third kappa shape index (κ3) is 3.77. The number of aryl methyl sites for hydroxylation is 1. The minimum absolute atomic E-state index is 0.0268. The zero-order valence-electron chi connectivity index (χ0n) is 12.1. The first kappa shape index (κ1) is 15.4. The molecule has 6 heteroatoms. The Hall–Kier alpha value is -0.980. The van der Waals surface area contributed by atoms with E-state index >= 15 is 0 Å². The molecule has 5 nitrogen and oxygen atoms in total. The van der Waals surface area contributed by atoms with Crippen LogP contribution in [0, 0.1) is 12.8 Å². The molecule has 1 fully saturated rings. The van der Waals surface area contributed by atoms with Gasteiger partial charge in [0, 0.05) is 36.9 Å². The fraction of sp³-hybridized carbons (Fsp3) is 0.714. The first-order chi connectivity index (χ1) is 9.61. The van der Waals surface area contributed by atoms with Crippen LogP contribution in [0.15, 0.2) is 5.51 Å². The Labute approximate surface area is 123 Å². The number of methoxy groups -OCH3 is 1.